The van der Waals surface area contributed by atoms with E-state index in [1.807, 2.05) is 12.1 Å². The van der Waals surface area contributed by atoms with Gasteiger partial charge in [-0.1, -0.05) is 24.3 Å². The van der Waals surface area contributed by atoms with Crippen LogP contribution in [-0.2, 0) is 6.54 Å². The van der Waals surface area contributed by atoms with Gasteiger partial charge >= 0.3 is 0 Å². The molecule has 0 saturated heterocycles. The molecule has 2 heterocycles. The lowest BCUT2D eigenvalue weighted by Gasteiger charge is -2.28. The molecule has 114 valence electrons. The van der Waals surface area contributed by atoms with Gasteiger partial charge in [0.25, 0.3) is 0 Å². The first-order valence-electron chi connectivity index (χ1n) is 7.65. The summed E-state index contributed by atoms with van der Waals surface area (Å²) < 4.78 is 16.6. The highest BCUT2D eigenvalue weighted by molar-refractivity contribution is 5.45. The summed E-state index contributed by atoms with van der Waals surface area (Å²) in [5.41, 5.74) is 3.66. The summed E-state index contributed by atoms with van der Waals surface area (Å²) in [4.78, 5) is 0. The summed E-state index contributed by atoms with van der Waals surface area (Å²) in [6.45, 7) is 3.98. The Morgan fingerprint density at radius 2 is 2.00 bits per heavy atom. The van der Waals surface area contributed by atoms with E-state index < -0.39 is 0 Å². The molecule has 1 N–H and O–H groups in total. The van der Waals surface area contributed by atoms with Gasteiger partial charge in [-0.3, -0.25) is 0 Å². The Morgan fingerprint density at radius 1 is 1.09 bits per heavy atom. The zero-order chi connectivity index (χ0) is 14.9. The van der Waals surface area contributed by atoms with Crippen molar-refractivity contribution in [3.05, 3.63) is 53.1 Å². The minimum absolute atomic E-state index is 0.318. The maximum atomic E-state index is 5.82. The molecular formula is C18H19NO3. The first-order valence-corrected chi connectivity index (χ1v) is 7.65. The molecular weight excluding hydrogens is 278 g/mol. The summed E-state index contributed by atoms with van der Waals surface area (Å²) in [5.74, 6) is 2.70. The number of fused-ring (bicyclic) bond motifs is 2. The first kappa shape index (κ1) is 13.5. The van der Waals surface area contributed by atoms with E-state index in [1.54, 1.807) is 0 Å². The Balaban J connectivity index is 1.50. The number of benzene rings is 2. The lowest BCUT2D eigenvalue weighted by Crippen LogP contribution is -2.27. The number of rotatable bonds is 3. The van der Waals surface area contributed by atoms with Crippen molar-refractivity contribution in [2.24, 2.45) is 0 Å². The van der Waals surface area contributed by atoms with E-state index in [4.69, 9.17) is 14.2 Å². The minimum Gasteiger partial charge on any atom is -0.493 e. The van der Waals surface area contributed by atoms with Crippen LogP contribution in [0.2, 0.25) is 0 Å². The van der Waals surface area contributed by atoms with E-state index >= 15 is 0 Å². The number of hydrogen-bond acceptors (Lipinski definition) is 4. The number of hydrogen-bond donors (Lipinski definition) is 1. The van der Waals surface area contributed by atoms with Gasteiger partial charge in [-0.25, -0.2) is 0 Å². The maximum absolute atomic E-state index is 5.82. The van der Waals surface area contributed by atoms with Crippen LogP contribution in [-0.4, -0.2) is 13.4 Å². The van der Waals surface area contributed by atoms with Gasteiger partial charge < -0.3 is 19.5 Å². The topological polar surface area (TPSA) is 39.7 Å². The Kier molecular flexibility index (Phi) is 3.39. The third kappa shape index (κ3) is 2.40. The van der Waals surface area contributed by atoms with E-state index in [2.05, 4.69) is 36.5 Å². The third-order valence-electron chi connectivity index (χ3n) is 4.26. The number of aryl methyl sites for hydroxylation is 1. The predicted molar refractivity (Wildman–Crippen MR) is 83.4 cm³/mol. The van der Waals surface area contributed by atoms with Crippen molar-refractivity contribution in [1.82, 2.24) is 5.32 Å². The monoisotopic (exact) mass is 297 g/mol. The second kappa shape index (κ2) is 5.54. The second-order valence-corrected chi connectivity index (χ2v) is 5.75. The molecule has 1 unspecified atom stereocenters. The average molecular weight is 297 g/mol. The second-order valence-electron chi connectivity index (χ2n) is 5.75. The molecule has 0 fully saturated rings. The van der Waals surface area contributed by atoms with Gasteiger partial charge in [-0.15, -0.1) is 0 Å². The number of ether oxygens (including phenoxy) is 3. The smallest absolute Gasteiger partial charge is 0.231 e. The van der Waals surface area contributed by atoms with Crippen LogP contribution in [0.5, 0.6) is 17.2 Å². The van der Waals surface area contributed by atoms with Gasteiger partial charge in [-0.05, 0) is 30.2 Å². The fourth-order valence-corrected chi connectivity index (χ4v) is 3.09. The highest BCUT2D eigenvalue weighted by Gasteiger charge is 2.22. The van der Waals surface area contributed by atoms with Gasteiger partial charge in [0, 0.05) is 24.6 Å². The summed E-state index contributed by atoms with van der Waals surface area (Å²) in [7, 11) is 0. The molecule has 2 aromatic carbocycles. The molecule has 0 bridgehead atoms. The molecule has 4 heteroatoms. The SMILES string of the molecule is Cc1cccc2c1OCCC2NCc1ccc2c(c1)OCO2. The summed E-state index contributed by atoms with van der Waals surface area (Å²) >= 11 is 0. The van der Waals surface area contributed by atoms with Crippen LogP contribution in [0.1, 0.15) is 29.2 Å². The zero-order valence-corrected chi connectivity index (χ0v) is 12.6. The molecule has 0 saturated carbocycles. The van der Waals surface area contributed by atoms with Crippen molar-refractivity contribution in [2.75, 3.05) is 13.4 Å². The van der Waals surface area contributed by atoms with Gasteiger partial charge in [0.15, 0.2) is 11.5 Å². The highest BCUT2D eigenvalue weighted by atomic mass is 16.7. The minimum atomic E-state index is 0.318. The summed E-state index contributed by atoms with van der Waals surface area (Å²) in [5, 5.41) is 3.64. The fourth-order valence-electron chi connectivity index (χ4n) is 3.09. The summed E-state index contributed by atoms with van der Waals surface area (Å²) in [6.07, 6.45) is 0.987. The fraction of sp³-hybridized carbons (Fsp3) is 0.333. The quantitative estimate of drug-likeness (QED) is 0.943. The van der Waals surface area contributed by atoms with E-state index in [9.17, 15) is 0 Å². The number of para-hydroxylation sites is 1. The lowest BCUT2D eigenvalue weighted by atomic mass is 9.98. The molecule has 2 aromatic rings. The molecule has 2 aliphatic rings. The van der Waals surface area contributed by atoms with E-state index in [0.717, 1.165) is 36.8 Å². The molecule has 22 heavy (non-hydrogen) atoms. The van der Waals surface area contributed by atoms with Crippen molar-refractivity contribution in [3.63, 3.8) is 0 Å². The molecule has 2 aliphatic heterocycles. The van der Waals surface area contributed by atoms with Crippen molar-refractivity contribution in [3.8, 4) is 17.2 Å². The average Bonchev–Trinajstić information content (AvgIpc) is 3.01. The van der Waals surface area contributed by atoms with Crippen LogP contribution in [0.25, 0.3) is 0 Å². The molecule has 4 rings (SSSR count). The van der Waals surface area contributed by atoms with Crippen LogP contribution in [0.3, 0.4) is 0 Å². The Morgan fingerprint density at radius 3 is 2.95 bits per heavy atom. The van der Waals surface area contributed by atoms with Crippen molar-refractivity contribution in [1.29, 1.82) is 0 Å². The van der Waals surface area contributed by atoms with Crippen molar-refractivity contribution >= 4 is 0 Å². The molecule has 0 aromatic heterocycles. The number of nitrogens with one attached hydrogen (secondary N) is 1. The van der Waals surface area contributed by atoms with E-state index in [0.29, 0.717) is 12.8 Å². The lowest BCUT2D eigenvalue weighted by molar-refractivity contribution is 0.174. The van der Waals surface area contributed by atoms with E-state index in [1.165, 1.54) is 16.7 Å². The van der Waals surface area contributed by atoms with Crippen LogP contribution in [0.15, 0.2) is 36.4 Å². The van der Waals surface area contributed by atoms with Gasteiger partial charge in [0.05, 0.1) is 6.61 Å². The molecule has 0 amide bonds. The molecule has 0 aliphatic carbocycles. The van der Waals surface area contributed by atoms with Crippen molar-refractivity contribution < 1.29 is 14.2 Å². The molecule has 0 spiro atoms. The third-order valence-corrected chi connectivity index (χ3v) is 4.26. The highest BCUT2D eigenvalue weighted by Crippen LogP contribution is 2.35. The first-order chi connectivity index (χ1) is 10.8. The van der Waals surface area contributed by atoms with Crippen molar-refractivity contribution in [2.45, 2.75) is 25.9 Å². The maximum Gasteiger partial charge on any atom is 0.231 e. The van der Waals surface area contributed by atoms with Gasteiger partial charge in [-0.2, -0.15) is 0 Å². The Labute approximate surface area is 130 Å². The largest absolute Gasteiger partial charge is 0.493 e. The summed E-state index contributed by atoms with van der Waals surface area (Å²) in [6, 6.07) is 12.8. The Hall–Kier alpha value is -2.20. The van der Waals surface area contributed by atoms with Gasteiger partial charge in [0.1, 0.15) is 5.75 Å². The normalized spacial score (nSPS) is 18.7. The molecule has 4 nitrogen and oxygen atoms in total. The van der Waals surface area contributed by atoms with Gasteiger partial charge in [0.2, 0.25) is 6.79 Å². The molecule has 0 radical (unpaired) electrons. The predicted octanol–water partition coefficient (Wildman–Crippen LogP) is 3.34. The van der Waals surface area contributed by atoms with Crippen LogP contribution in [0.4, 0.5) is 0 Å². The standard InChI is InChI=1S/C18H19NO3/c1-12-3-2-4-14-15(7-8-20-18(12)14)19-10-13-5-6-16-17(9-13)22-11-21-16/h2-6,9,15,19H,7-8,10-11H2,1H3. The van der Waals surface area contributed by atoms with Crippen LogP contribution < -0.4 is 19.5 Å². The zero-order valence-electron chi connectivity index (χ0n) is 12.6. The van der Waals surface area contributed by atoms with E-state index in [-0.39, 0.29) is 0 Å². The van der Waals surface area contributed by atoms with Crippen LogP contribution >= 0.6 is 0 Å². The van der Waals surface area contributed by atoms with Crippen LogP contribution in [0, 0.1) is 6.92 Å². The molecule has 1 atom stereocenters. The Bertz CT molecular complexity index is 699.